The van der Waals surface area contributed by atoms with E-state index in [-0.39, 0.29) is 0 Å². The van der Waals surface area contributed by atoms with Gasteiger partial charge in [-0.2, -0.15) is 4.98 Å². The minimum Gasteiger partial charge on any atom is -0.338 e. The van der Waals surface area contributed by atoms with E-state index in [2.05, 4.69) is 41.1 Å². The molecule has 20 heavy (non-hydrogen) atoms. The Morgan fingerprint density at radius 2 is 2.25 bits per heavy atom. The highest BCUT2D eigenvalue weighted by Gasteiger charge is 2.24. The van der Waals surface area contributed by atoms with Crippen molar-refractivity contribution in [2.45, 2.75) is 71.5 Å². The Balaban J connectivity index is 1.89. The predicted octanol–water partition coefficient (Wildman–Crippen LogP) is 2.37. The van der Waals surface area contributed by atoms with Crippen molar-refractivity contribution in [2.24, 2.45) is 0 Å². The maximum atomic E-state index is 5.37. The molecule has 5 nitrogen and oxygen atoms in total. The first-order valence-electron chi connectivity index (χ1n) is 7.98. The van der Waals surface area contributed by atoms with Gasteiger partial charge in [0.2, 0.25) is 5.89 Å². The van der Waals surface area contributed by atoms with E-state index in [4.69, 9.17) is 4.52 Å². The van der Waals surface area contributed by atoms with E-state index in [1.165, 1.54) is 19.3 Å². The molecule has 2 rings (SSSR count). The van der Waals surface area contributed by atoms with E-state index in [0.29, 0.717) is 12.1 Å². The summed E-state index contributed by atoms with van der Waals surface area (Å²) in [4.78, 5) is 6.97. The Labute approximate surface area is 122 Å². The second kappa shape index (κ2) is 7.74. The van der Waals surface area contributed by atoms with Crippen LogP contribution in [-0.2, 0) is 13.0 Å². The number of hydrogen-bond acceptors (Lipinski definition) is 5. The van der Waals surface area contributed by atoms with Crippen molar-refractivity contribution < 1.29 is 4.52 Å². The largest absolute Gasteiger partial charge is 0.338 e. The number of nitrogens with zero attached hydrogens (tertiary/aromatic N) is 3. The van der Waals surface area contributed by atoms with Crippen LogP contribution in [-0.4, -0.2) is 40.2 Å². The maximum absolute atomic E-state index is 5.37. The predicted molar refractivity (Wildman–Crippen MR) is 79.5 cm³/mol. The summed E-state index contributed by atoms with van der Waals surface area (Å²) in [5.41, 5.74) is 0. The van der Waals surface area contributed by atoms with E-state index < -0.39 is 0 Å². The number of rotatable bonds is 7. The quantitative estimate of drug-likeness (QED) is 0.831. The average Bonchev–Trinajstić information content (AvgIpc) is 2.85. The summed E-state index contributed by atoms with van der Waals surface area (Å²) in [5.74, 6) is 1.61. The maximum Gasteiger partial charge on any atom is 0.240 e. The fourth-order valence-corrected chi connectivity index (χ4v) is 2.72. The number of aryl methyl sites for hydroxylation is 1. The number of likely N-dealkylation sites (tertiary alicyclic amines) is 1. The summed E-state index contributed by atoms with van der Waals surface area (Å²) in [7, 11) is 0. The molecule has 1 aromatic rings. The number of nitrogens with one attached hydrogen (secondary N) is 1. The summed E-state index contributed by atoms with van der Waals surface area (Å²) in [6.45, 7) is 9.50. The van der Waals surface area contributed by atoms with Gasteiger partial charge in [0.1, 0.15) is 0 Å². The second-order valence-corrected chi connectivity index (χ2v) is 6.04. The van der Waals surface area contributed by atoms with Crippen LogP contribution < -0.4 is 5.32 Å². The molecule has 1 aliphatic rings. The highest BCUT2D eigenvalue weighted by molar-refractivity contribution is 4.89. The van der Waals surface area contributed by atoms with Crippen molar-refractivity contribution in [1.29, 1.82) is 0 Å². The molecule has 0 radical (unpaired) electrons. The van der Waals surface area contributed by atoms with Gasteiger partial charge < -0.3 is 9.84 Å². The zero-order valence-electron chi connectivity index (χ0n) is 13.1. The first-order chi connectivity index (χ1) is 9.69. The Morgan fingerprint density at radius 3 is 3.00 bits per heavy atom. The van der Waals surface area contributed by atoms with E-state index in [1.807, 2.05) is 0 Å². The first kappa shape index (κ1) is 15.4. The Morgan fingerprint density at radius 1 is 1.40 bits per heavy atom. The van der Waals surface area contributed by atoms with Crippen molar-refractivity contribution in [2.75, 3.05) is 13.1 Å². The SMILES string of the molecule is CCCc1noc(CN2CCCCC2CNC(C)C)n1. The van der Waals surface area contributed by atoms with Gasteiger partial charge >= 0.3 is 0 Å². The lowest BCUT2D eigenvalue weighted by Crippen LogP contribution is -2.46. The third-order valence-electron chi connectivity index (χ3n) is 3.83. The van der Waals surface area contributed by atoms with Gasteiger partial charge in [0.15, 0.2) is 5.82 Å². The van der Waals surface area contributed by atoms with Gasteiger partial charge in [-0.3, -0.25) is 4.90 Å². The molecule has 1 atom stereocenters. The van der Waals surface area contributed by atoms with E-state index in [9.17, 15) is 0 Å². The van der Waals surface area contributed by atoms with Gasteiger partial charge in [0.25, 0.3) is 0 Å². The summed E-state index contributed by atoms with van der Waals surface area (Å²) in [6.07, 6.45) is 5.82. The molecule has 1 saturated heterocycles. The molecule has 114 valence electrons. The second-order valence-electron chi connectivity index (χ2n) is 6.04. The van der Waals surface area contributed by atoms with Crippen LogP contribution in [0.2, 0.25) is 0 Å². The first-order valence-corrected chi connectivity index (χ1v) is 7.98. The number of aromatic nitrogens is 2. The molecule has 0 spiro atoms. The van der Waals surface area contributed by atoms with Crippen molar-refractivity contribution in [1.82, 2.24) is 20.4 Å². The minimum absolute atomic E-state index is 0.540. The van der Waals surface area contributed by atoms with E-state index >= 15 is 0 Å². The lowest BCUT2D eigenvalue weighted by molar-refractivity contribution is 0.120. The van der Waals surface area contributed by atoms with Crippen molar-refractivity contribution in [3.63, 3.8) is 0 Å². The molecule has 0 bridgehead atoms. The molecule has 0 aromatic carbocycles. The van der Waals surface area contributed by atoms with E-state index in [1.54, 1.807) is 0 Å². The number of hydrogen-bond donors (Lipinski definition) is 1. The zero-order valence-corrected chi connectivity index (χ0v) is 13.1. The fourth-order valence-electron chi connectivity index (χ4n) is 2.72. The summed E-state index contributed by atoms with van der Waals surface area (Å²) in [5, 5.41) is 7.59. The topological polar surface area (TPSA) is 54.2 Å². The highest BCUT2D eigenvalue weighted by Crippen LogP contribution is 2.19. The molecular formula is C15H28N4O. The Bertz CT molecular complexity index is 391. The molecule has 1 N–H and O–H groups in total. The normalized spacial score (nSPS) is 20.7. The molecule has 0 amide bonds. The smallest absolute Gasteiger partial charge is 0.240 e. The van der Waals surface area contributed by atoms with Gasteiger partial charge in [-0.1, -0.05) is 32.3 Å². The summed E-state index contributed by atoms with van der Waals surface area (Å²) < 4.78 is 5.37. The third-order valence-corrected chi connectivity index (χ3v) is 3.83. The van der Waals surface area contributed by atoms with Gasteiger partial charge in [-0.25, -0.2) is 0 Å². The average molecular weight is 280 g/mol. The van der Waals surface area contributed by atoms with Crippen LogP contribution in [0, 0.1) is 0 Å². The van der Waals surface area contributed by atoms with Gasteiger partial charge in [-0.15, -0.1) is 0 Å². The van der Waals surface area contributed by atoms with Crippen molar-refractivity contribution in [3.05, 3.63) is 11.7 Å². The van der Waals surface area contributed by atoms with Crippen LogP contribution in [0.25, 0.3) is 0 Å². The lowest BCUT2D eigenvalue weighted by atomic mass is 10.0. The van der Waals surface area contributed by atoms with Crippen LogP contribution in [0.1, 0.15) is 58.2 Å². The molecule has 2 heterocycles. The van der Waals surface area contributed by atoms with Gasteiger partial charge in [0, 0.05) is 25.0 Å². The van der Waals surface area contributed by atoms with Crippen molar-refractivity contribution >= 4 is 0 Å². The minimum atomic E-state index is 0.540. The van der Waals surface area contributed by atoms with Crippen molar-refractivity contribution in [3.8, 4) is 0 Å². The number of piperidine rings is 1. The van der Waals surface area contributed by atoms with Gasteiger partial charge in [0.05, 0.1) is 6.54 Å². The Hall–Kier alpha value is -0.940. The molecule has 1 aliphatic heterocycles. The standard InChI is InChI=1S/C15H28N4O/c1-4-7-14-17-15(20-18-14)11-19-9-6-5-8-13(19)10-16-12(2)3/h12-13,16H,4-11H2,1-3H3. The molecular weight excluding hydrogens is 252 g/mol. The monoisotopic (exact) mass is 280 g/mol. The lowest BCUT2D eigenvalue weighted by Gasteiger charge is -2.35. The Kier molecular flexibility index (Phi) is 5.98. The van der Waals surface area contributed by atoms with Crippen LogP contribution in [0.4, 0.5) is 0 Å². The zero-order chi connectivity index (χ0) is 14.4. The molecule has 0 saturated carbocycles. The highest BCUT2D eigenvalue weighted by atomic mass is 16.5. The summed E-state index contributed by atoms with van der Waals surface area (Å²) >= 11 is 0. The van der Waals surface area contributed by atoms with Crippen LogP contribution >= 0.6 is 0 Å². The molecule has 1 unspecified atom stereocenters. The molecule has 5 heteroatoms. The van der Waals surface area contributed by atoms with E-state index in [0.717, 1.165) is 44.2 Å². The fraction of sp³-hybridized carbons (Fsp3) is 0.867. The molecule has 1 aromatic heterocycles. The molecule has 0 aliphatic carbocycles. The summed E-state index contributed by atoms with van der Waals surface area (Å²) in [6, 6.07) is 1.13. The van der Waals surface area contributed by atoms with Crippen LogP contribution in [0.15, 0.2) is 4.52 Å². The molecule has 1 fully saturated rings. The third kappa shape index (κ3) is 4.56. The van der Waals surface area contributed by atoms with Gasteiger partial charge in [-0.05, 0) is 25.8 Å². The van der Waals surface area contributed by atoms with Crippen LogP contribution in [0.5, 0.6) is 0 Å². The van der Waals surface area contributed by atoms with Crippen LogP contribution in [0.3, 0.4) is 0 Å².